The largest absolute Gasteiger partial charge is 0.369 e. The van der Waals surface area contributed by atoms with Gasteiger partial charge in [0.2, 0.25) is 0 Å². The Balaban J connectivity index is 2.16. The van der Waals surface area contributed by atoms with Gasteiger partial charge in [-0.1, -0.05) is 0 Å². The van der Waals surface area contributed by atoms with E-state index >= 15 is 0 Å². The molecule has 0 aliphatic carbocycles. The fourth-order valence-corrected chi connectivity index (χ4v) is 3.91. The number of benzene rings is 1. The van der Waals surface area contributed by atoms with Crippen molar-refractivity contribution in [2.45, 2.75) is 46.1 Å². The summed E-state index contributed by atoms with van der Waals surface area (Å²) in [6.07, 6.45) is 1.25. The minimum Gasteiger partial charge on any atom is -0.369 e. The highest BCUT2D eigenvalue weighted by molar-refractivity contribution is 7.15. The molecular weight excluding hydrogens is 302 g/mol. The molecule has 118 valence electrons. The lowest BCUT2D eigenvalue weighted by atomic mass is 9.94. The van der Waals surface area contributed by atoms with Crippen molar-refractivity contribution >= 4 is 17.0 Å². The van der Waals surface area contributed by atoms with Crippen LogP contribution in [0, 0.1) is 6.92 Å². The van der Waals surface area contributed by atoms with Crippen LogP contribution in [0.3, 0.4) is 0 Å². The zero-order valence-electron chi connectivity index (χ0n) is 13.1. The van der Waals surface area contributed by atoms with Crippen molar-refractivity contribution < 1.29 is 8.78 Å². The van der Waals surface area contributed by atoms with Gasteiger partial charge in [-0.3, -0.25) is 0 Å². The summed E-state index contributed by atoms with van der Waals surface area (Å²) in [7, 11) is 0. The smallest absolute Gasteiger partial charge is 0.264 e. The maximum absolute atomic E-state index is 13.6. The van der Waals surface area contributed by atoms with E-state index in [1.54, 1.807) is 12.3 Å². The van der Waals surface area contributed by atoms with Crippen LogP contribution in [-0.4, -0.2) is 17.6 Å². The van der Waals surface area contributed by atoms with Gasteiger partial charge in [-0.25, -0.2) is 13.8 Å². The molecule has 0 N–H and O–H groups in total. The summed E-state index contributed by atoms with van der Waals surface area (Å²) < 4.78 is 27.2. The maximum Gasteiger partial charge on any atom is 0.264 e. The van der Waals surface area contributed by atoms with Crippen molar-refractivity contribution in [3.8, 4) is 10.4 Å². The average Bonchev–Trinajstić information content (AvgIpc) is 2.91. The van der Waals surface area contributed by atoms with Crippen LogP contribution in [0.4, 0.5) is 14.5 Å². The number of anilines is 1. The number of hydrogen-bond donors (Lipinski definition) is 0. The molecule has 0 atom stereocenters. The van der Waals surface area contributed by atoms with Gasteiger partial charge in [0.25, 0.3) is 6.43 Å². The lowest BCUT2D eigenvalue weighted by Gasteiger charge is -2.35. The van der Waals surface area contributed by atoms with Crippen LogP contribution in [0.2, 0.25) is 0 Å². The van der Waals surface area contributed by atoms with Crippen LogP contribution < -0.4 is 4.90 Å². The lowest BCUT2D eigenvalue weighted by molar-refractivity contribution is 0.152. The second kappa shape index (κ2) is 5.95. The molecule has 2 aromatic rings. The highest BCUT2D eigenvalue weighted by Crippen LogP contribution is 2.40. The number of halogens is 2. The van der Waals surface area contributed by atoms with Gasteiger partial charge in [-0.15, -0.1) is 11.3 Å². The number of alkyl halides is 2. The number of nitrogens with zero attached hydrogens (tertiary/aromatic N) is 2. The number of aromatic nitrogens is 1. The summed E-state index contributed by atoms with van der Waals surface area (Å²) >= 11 is 1.47. The third-order valence-electron chi connectivity index (χ3n) is 4.15. The third-order valence-corrected chi connectivity index (χ3v) is 5.10. The Morgan fingerprint density at radius 2 is 2.05 bits per heavy atom. The van der Waals surface area contributed by atoms with Crippen molar-refractivity contribution in [2.75, 3.05) is 11.4 Å². The topological polar surface area (TPSA) is 16.1 Å². The SMILES string of the molecule is Cc1ncc(-c2cc3c(cc2C(F)F)N(C(C)C)CCC3)s1. The minimum absolute atomic E-state index is 0.120. The first-order valence-electron chi connectivity index (χ1n) is 7.61. The molecule has 2 heterocycles. The number of hydrogen-bond acceptors (Lipinski definition) is 3. The highest BCUT2D eigenvalue weighted by Gasteiger charge is 2.25. The second-order valence-corrected chi connectivity index (χ2v) is 7.24. The first-order chi connectivity index (χ1) is 10.5. The van der Waals surface area contributed by atoms with E-state index in [9.17, 15) is 8.78 Å². The van der Waals surface area contributed by atoms with Gasteiger partial charge in [-0.2, -0.15) is 0 Å². The normalized spacial score (nSPS) is 14.8. The maximum atomic E-state index is 13.6. The summed E-state index contributed by atoms with van der Waals surface area (Å²) in [4.78, 5) is 7.27. The Morgan fingerprint density at radius 1 is 1.27 bits per heavy atom. The van der Waals surface area contributed by atoms with Gasteiger partial charge in [0.15, 0.2) is 0 Å². The Morgan fingerprint density at radius 3 is 2.64 bits per heavy atom. The molecule has 0 saturated carbocycles. The molecule has 22 heavy (non-hydrogen) atoms. The van der Waals surface area contributed by atoms with Crippen LogP contribution in [0.5, 0.6) is 0 Å². The zero-order chi connectivity index (χ0) is 15.9. The summed E-state index contributed by atoms with van der Waals surface area (Å²) in [5.74, 6) is 0. The highest BCUT2D eigenvalue weighted by atomic mass is 32.1. The molecule has 0 spiro atoms. The molecule has 2 nitrogen and oxygen atoms in total. The Kier molecular flexibility index (Phi) is 4.17. The molecule has 0 saturated heterocycles. The standard InChI is InChI=1S/C17H20F2N2S/c1-10(2)21-6-4-5-12-7-13(16-9-20-11(3)22-16)14(17(18)19)8-15(12)21/h7-10,17H,4-6H2,1-3H3. The van der Waals surface area contributed by atoms with Crippen LogP contribution in [0.25, 0.3) is 10.4 Å². The molecule has 1 aliphatic rings. The molecule has 0 unspecified atom stereocenters. The number of rotatable bonds is 3. The Bertz CT molecular complexity index is 679. The molecule has 1 aromatic carbocycles. The first kappa shape index (κ1) is 15.4. The monoisotopic (exact) mass is 322 g/mol. The van der Waals surface area contributed by atoms with Gasteiger partial charge < -0.3 is 4.90 Å². The van der Waals surface area contributed by atoms with Crippen molar-refractivity contribution in [3.63, 3.8) is 0 Å². The van der Waals surface area contributed by atoms with Crippen LogP contribution in [-0.2, 0) is 6.42 Å². The molecule has 0 fully saturated rings. The van der Waals surface area contributed by atoms with Gasteiger partial charge in [0.1, 0.15) is 0 Å². The number of thiazole rings is 1. The van der Waals surface area contributed by atoms with Crippen LogP contribution in [0.1, 0.15) is 42.8 Å². The summed E-state index contributed by atoms with van der Waals surface area (Å²) in [5.41, 5.74) is 2.91. The number of aryl methyl sites for hydroxylation is 2. The van der Waals surface area contributed by atoms with E-state index in [0.29, 0.717) is 11.6 Å². The predicted molar refractivity (Wildman–Crippen MR) is 88.0 cm³/mol. The lowest BCUT2D eigenvalue weighted by Crippen LogP contribution is -2.35. The molecule has 0 radical (unpaired) electrons. The van der Waals surface area contributed by atoms with Crippen LogP contribution in [0.15, 0.2) is 18.3 Å². The minimum atomic E-state index is -2.47. The zero-order valence-corrected chi connectivity index (χ0v) is 13.9. The van der Waals surface area contributed by atoms with E-state index in [-0.39, 0.29) is 5.56 Å². The van der Waals surface area contributed by atoms with Crippen molar-refractivity contribution in [3.05, 3.63) is 34.5 Å². The summed E-state index contributed by atoms with van der Waals surface area (Å²) in [6, 6.07) is 3.98. The molecule has 0 bridgehead atoms. The molecule has 3 rings (SSSR count). The van der Waals surface area contributed by atoms with E-state index in [1.807, 2.05) is 13.0 Å². The van der Waals surface area contributed by atoms with E-state index < -0.39 is 6.43 Å². The quantitative estimate of drug-likeness (QED) is 0.770. The molecule has 1 aromatic heterocycles. The van der Waals surface area contributed by atoms with Gasteiger partial charge in [-0.05, 0) is 51.3 Å². The fraction of sp³-hybridized carbons (Fsp3) is 0.471. The Hall–Kier alpha value is -1.49. The van der Waals surface area contributed by atoms with E-state index in [0.717, 1.165) is 35.0 Å². The molecular formula is C17H20F2N2S. The first-order valence-corrected chi connectivity index (χ1v) is 8.43. The van der Waals surface area contributed by atoms with Crippen molar-refractivity contribution in [1.29, 1.82) is 0 Å². The van der Waals surface area contributed by atoms with E-state index in [2.05, 4.69) is 23.7 Å². The second-order valence-electron chi connectivity index (χ2n) is 6.00. The van der Waals surface area contributed by atoms with Gasteiger partial charge in [0.05, 0.1) is 9.88 Å². The fourth-order valence-electron chi connectivity index (χ4n) is 3.09. The number of fused-ring (bicyclic) bond motifs is 1. The van der Waals surface area contributed by atoms with E-state index in [1.165, 1.54) is 16.9 Å². The predicted octanol–water partition coefficient (Wildman–Crippen LogP) is 5.22. The molecule has 5 heteroatoms. The Labute approximate surface area is 133 Å². The van der Waals surface area contributed by atoms with Crippen molar-refractivity contribution in [1.82, 2.24) is 4.98 Å². The van der Waals surface area contributed by atoms with Crippen LogP contribution >= 0.6 is 11.3 Å². The summed E-state index contributed by atoms with van der Waals surface area (Å²) in [6.45, 7) is 7.05. The third kappa shape index (κ3) is 2.74. The average molecular weight is 322 g/mol. The summed E-state index contributed by atoms with van der Waals surface area (Å²) in [5, 5.41) is 0.900. The molecule has 1 aliphatic heterocycles. The van der Waals surface area contributed by atoms with Gasteiger partial charge >= 0.3 is 0 Å². The van der Waals surface area contributed by atoms with Crippen molar-refractivity contribution in [2.24, 2.45) is 0 Å². The van der Waals surface area contributed by atoms with E-state index in [4.69, 9.17) is 0 Å². The van der Waals surface area contributed by atoms with Gasteiger partial charge in [0, 0.05) is 35.6 Å². The molecule has 0 amide bonds.